The van der Waals surface area contributed by atoms with Gasteiger partial charge in [-0.15, -0.1) is 0 Å². The summed E-state index contributed by atoms with van der Waals surface area (Å²) in [4.78, 5) is 23.0. The van der Waals surface area contributed by atoms with E-state index in [2.05, 4.69) is 6.58 Å². The Morgan fingerprint density at radius 1 is 1.21 bits per heavy atom. The molecular weight excluding hydrogens is 248 g/mol. The Morgan fingerprint density at radius 3 is 2.37 bits per heavy atom. The van der Waals surface area contributed by atoms with Gasteiger partial charge in [0.2, 0.25) is 0 Å². The fraction of sp³-hybridized carbons (Fsp3) is 0.286. The lowest BCUT2D eigenvalue weighted by Gasteiger charge is -2.12. The van der Waals surface area contributed by atoms with E-state index in [-0.39, 0.29) is 28.7 Å². The lowest BCUT2D eigenvalue weighted by atomic mass is 10.2. The molecule has 0 saturated heterocycles. The van der Waals surface area contributed by atoms with Crippen LogP contribution in [-0.2, 0) is 9.59 Å². The third kappa shape index (κ3) is 4.13. The normalized spacial score (nSPS) is 10.1. The second-order valence-corrected chi connectivity index (χ2v) is 4.38. The first-order chi connectivity index (χ1) is 8.81. The Morgan fingerprint density at radius 2 is 1.84 bits per heavy atom. The van der Waals surface area contributed by atoms with Crippen LogP contribution in [0.15, 0.2) is 30.4 Å². The molecule has 0 aliphatic heterocycles. The maximum atomic E-state index is 11.5. The van der Waals surface area contributed by atoms with Crippen LogP contribution in [0.25, 0.3) is 0 Å². The fourth-order valence-corrected chi connectivity index (χ4v) is 1.07. The number of benzene rings is 1. The minimum absolute atomic E-state index is 0.00620. The third-order valence-electron chi connectivity index (χ3n) is 2.16. The number of phenolic OH excluding ortho intramolecular Hbond substituents is 1. The Bertz CT molecular complexity index is 517. The van der Waals surface area contributed by atoms with E-state index in [0.717, 1.165) is 0 Å². The first-order valence-electron chi connectivity index (χ1n) is 5.73. The van der Waals surface area contributed by atoms with Crippen molar-refractivity contribution in [3.05, 3.63) is 30.4 Å². The van der Waals surface area contributed by atoms with Crippen LogP contribution in [0.2, 0.25) is 0 Å². The van der Waals surface area contributed by atoms with Crippen LogP contribution in [-0.4, -0.2) is 17.0 Å². The predicted molar refractivity (Wildman–Crippen MR) is 69.0 cm³/mol. The largest absolute Gasteiger partial charge is 0.508 e. The number of phenols is 1. The van der Waals surface area contributed by atoms with Crippen LogP contribution in [0.4, 0.5) is 0 Å². The van der Waals surface area contributed by atoms with Crippen LogP contribution in [0.1, 0.15) is 20.8 Å². The number of aromatic hydroxyl groups is 1. The van der Waals surface area contributed by atoms with Crippen LogP contribution in [0, 0.1) is 5.92 Å². The number of hydrogen-bond acceptors (Lipinski definition) is 5. The van der Waals surface area contributed by atoms with Gasteiger partial charge in [-0.1, -0.05) is 20.4 Å². The van der Waals surface area contributed by atoms with Crippen molar-refractivity contribution in [1.29, 1.82) is 0 Å². The fourth-order valence-electron chi connectivity index (χ4n) is 1.07. The molecule has 0 fully saturated rings. The van der Waals surface area contributed by atoms with Gasteiger partial charge in [-0.05, 0) is 19.1 Å². The number of hydrogen-bond donors (Lipinski definition) is 1. The summed E-state index contributed by atoms with van der Waals surface area (Å²) in [6, 6.07) is 3.88. The molecule has 102 valence electrons. The molecule has 0 aliphatic rings. The highest BCUT2D eigenvalue weighted by Crippen LogP contribution is 2.32. The van der Waals surface area contributed by atoms with Crippen LogP contribution in [0.5, 0.6) is 17.2 Å². The van der Waals surface area contributed by atoms with Crippen LogP contribution < -0.4 is 9.47 Å². The Kier molecular flexibility index (Phi) is 4.69. The molecule has 1 aromatic rings. The quantitative estimate of drug-likeness (QED) is 0.513. The Hall–Kier alpha value is -2.30. The van der Waals surface area contributed by atoms with E-state index in [9.17, 15) is 14.7 Å². The summed E-state index contributed by atoms with van der Waals surface area (Å²) in [7, 11) is 0. The lowest BCUT2D eigenvalue weighted by molar-refractivity contribution is -0.138. The van der Waals surface area contributed by atoms with Crippen molar-refractivity contribution >= 4 is 11.9 Å². The summed E-state index contributed by atoms with van der Waals surface area (Å²) in [5.41, 5.74) is 0.217. The maximum absolute atomic E-state index is 11.5. The van der Waals surface area contributed by atoms with E-state index >= 15 is 0 Å². The van der Waals surface area contributed by atoms with Gasteiger partial charge >= 0.3 is 11.9 Å². The molecular formula is C14H16O5. The zero-order valence-corrected chi connectivity index (χ0v) is 11.1. The van der Waals surface area contributed by atoms with Gasteiger partial charge in [0.05, 0.1) is 5.92 Å². The van der Waals surface area contributed by atoms with Crippen molar-refractivity contribution in [3.8, 4) is 17.2 Å². The zero-order chi connectivity index (χ0) is 14.6. The zero-order valence-electron chi connectivity index (χ0n) is 11.1. The minimum Gasteiger partial charge on any atom is -0.508 e. The molecule has 1 N–H and O–H groups in total. The first-order valence-corrected chi connectivity index (χ1v) is 5.73. The van der Waals surface area contributed by atoms with E-state index in [1.165, 1.54) is 25.1 Å². The molecule has 1 aromatic carbocycles. The summed E-state index contributed by atoms with van der Waals surface area (Å²) < 4.78 is 10.1. The molecule has 0 amide bonds. The molecule has 5 heteroatoms. The van der Waals surface area contributed by atoms with Crippen LogP contribution >= 0.6 is 0 Å². The number of rotatable bonds is 4. The molecule has 19 heavy (non-hydrogen) atoms. The average molecular weight is 264 g/mol. The molecule has 0 bridgehead atoms. The minimum atomic E-state index is -0.632. The molecule has 0 unspecified atom stereocenters. The van der Waals surface area contributed by atoms with E-state index in [1.807, 2.05) is 0 Å². The molecule has 0 saturated carbocycles. The molecule has 0 aromatic heterocycles. The molecule has 1 rings (SSSR count). The van der Waals surface area contributed by atoms with Gasteiger partial charge < -0.3 is 14.6 Å². The highest BCUT2D eigenvalue weighted by molar-refractivity contribution is 5.89. The molecule has 0 spiro atoms. The van der Waals surface area contributed by atoms with Crippen molar-refractivity contribution in [2.24, 2.45) is 5.92 Å². The monoisotopic (exact) mass is 264 g/mol. The van der Waals surface area contributed by atoms with E-state index in [1.54, 1.807) is 13.8 Å². The highest BCUT2D eigenvalue weighted by atomic mass is 16.6. The standard InChI is InChI=1S/C14H16O5/c1-8(2)13(16)18-11-6-5-10(15)7-12(11)19-14(17)9(3)4/h5-7,9,15H,1H2,2-4H3. The van der Waals surface area contributed by atoms with E-state index in [0.29, 0.717) is 0 Å². The number of carbonyl (C=O) groups is 2. The lowest BCUT2D eigenvalue weighted by Crippen LogP contribution is -2.16. The van der Waals surface area contributed by atoms with Crippen LogP contribution in [0.3, 0.4) is 0 Å². The summed E-state index contributed by atoms with van der Waals surface area (Å²) >= 11 is 0. The molecule has 0 atom stereocenters. The van der Waals surface area contributed by atoms with Crippen molar-refractivity contribution in [3.63, 3.8) is 0 Å². The third-order valence-corrected chi connectivity index (χ3v) is 2.16. The summed E-state index contributed by atoms with van der Waals surface area (Å²) in [6.45, 7) is 8.30. The maximum Gasteiger partial charge on any atom is 0.338 e. The van der Waals surface area contributed by atoms with Gasteiger partial charge in [-0.3, -0.25) is 4.79 Å². The summed E-state index contributed by atoms with van der Waals surface area (Å²) in [6.07, 6.45) is 0. The van der Waals surface area contributed by atoms with Crippen molar-refractivity contribution in [2.75, 3.05) is 0 Å². The second kappa shape index (κ2) is 6.04. The number of carbonyl (C=O) groups excluding carboxylic acids is 2. The van der Waals surface area contributed by atoms with Crippen molar-refractivity contribution in [2.45, 2.75) is 20.8 Å². The Labute approximate surface area is 111 Å². The van der Waals surface area contributed by atoms with E-state index < -0.39 is 11.9 Å². The molecule has 0 aliphatic carbocycles. The SMILES string of the molecule is C=C(C)C(=O)Oc1ccc(O)cc1OC(=O)C(C)C. The summed E-state index contributed by atoms with van der Waals surface area (Å²) in [5.74, 6) is -1.51. The van der Waals surface area contributed by atoms with Gasteiger partial charge in [0, 0.05) is 11.6 Å². The molecule has 0 radical (unpaired) electrons. The summed E-state index contributed by atoms with van der Waals surface area (Å²) in [5, 5.41) is 9.38. The van der Waals surface area contributed by atoms with Gasteiger partial charge in [0.25, 0.3) is 0 Å². The number of esters is 2. The van der Waals surface area contributed by atoms with Crippen molar-refractivity contribution < 1.29 is 24.2 Å². The van der Waals surface area contributed by atoms with Gasteiger partial charge in [0.1, 0.15) is 5.75 Å². The second-order valence-electron chi connectivity index (χ2n) is 4.38. The van der Waals surface area contributed by atoms with Gasteiger partial charge in [-0.25, -0.2) is 4.79 Å². The Balaban J connectivity index is 3.01. The average Bonchev–Trinajstić information content (AvgIpc) is 2.32. The topological polar surface area (TPSA) is 72.8 Å². The highest BCUT2D eigenvalue weighted by Gasteiger charge is 2.16. The smallest absolute Gasteiger partial charge is 0.338 e. The van der Waals surface area contributed by atoms with E-state index in [4.69, 9.17) is 9.47 Å². The molecule has 0 heterocycles. The van der Waals surface area contributed by atoms with Gasteiger partial charge in [0.15, 0.2) is 11.5 Å². The molecule has 5 nitrogen and oxygen atoms in total. The number of ether oxygens (including phenoxy) is 2. The van der Waals surface area contributed by atoms with Crippen molar-refractivity contribution in [1.82, 2.24) is 0 Å². The van der Waals surface area contributed by atoms with Gasteiger partial charge in [-0.2, -0.15) is 0 Å². The first kappa shape index (κ1) is 14.8. The predicted octanol–water partition coefficient (Wildman–Crippen LogP) is 2.44.